The molecule has 2 aliphatic rings. The number of hydrogen-bond acceptors (Lipinski definition) is 7. The van der Waals surface area contributed by atoms with Gasteiger partial charge in [-0.05, 0) is 55.7 Å². The molecule has 3 N–H and O–H groups in total. The fraction of sp³-hybridized carbons (Fsp3) is 0.375. The fourth-order valence-electron chi connectivity index (χ4n) is 4.35. The van der Waals surface area contributed by atoms with Gasteiger partial charge in [-0.25, -0.2) is 4.39 Å². The van der Waals surface area contributed by atoms with Crippen LogP contribution < -0.4 is 25.9 Å². The number of benzene rings is 2. The number of hydrazone groups is 1. The summed E-state index contributed by atoms with van der Waals surface area (Å²) < 4.78 is 15.3. The van der Waals surface area contributed by atoms with Gasteiger partial charge in [0.05, 0.1) is 23.5 Å². The van der Waals surface area contributed by atoms with Crippen LogP contribution in [0.3, 0.4) is 0 Å². The third kappa shape index (κ3) is 5.55. The monoisotopic (exact) mass is 480 g/mol. The molecule has 2 fully saturated rings. The summed E-state index contributed by atoms with van der Waals surface area (Å²) in [4.78, 5) is 8.92. The van der Waals surface area contributed by atoms with Crippen molar-refractivity contribution in [2.24, 2.45) is 10.8 Å². The molecule has 0 amide bonds. The van der Waals surface area contributed by atoms with E-state index < -0.39 is 0 Å². The number of thiocarbonyl (C=S) groups is 1. The molecule has 0 spiro atoms. The summed E-state index contributed by atoms with van der Waals surface area (Å²) in [6.45, 7) is 6.56. The number of nitrogens with two attached hydrogens (primary N) is 1. The maximum Gasteiger partial charge on any atom is 0.184 e. The summed E-state index contributed by atoms with van der Waals surface area (Å²) in [5.41, 5.74) is 12.0. The number of nitrogens with one attached hydrogen (secondary N) is 1. The highest BCUT2D eigenvalue weighted by molar-refractivity contribution is 7.80. The first-order valence-corrected chi connectivity index (χ1v) is 11.7. The van der Waals surface area contributed by atoms with E-state index in [4.69, 9.17) is 23.2 Å². The van der Waals surface area contributed by atoms with Crippen LogP contribution in [0.4, 0.5) is 21.5 Å². The van der Waals surface area contributed by atoms with Gasteiger partial charge >= 0.3 is 0 Å². The summed E-state index contributed by atoms with van der Waals surface area (Å²) in [6.07, 6.45) is 1.57. The normalized spacial score (nSPS) is 17.1. The second-order valence-corrected chi connectivity index (χ2v) is 8.96. The molecule has 34 heavy (non-hydrogen) atoms. The Morgan fingerprint density at radius 3 is 2.21 bits per heavy atom. The van der Waals surface area contributed by atoms with Gasteiger partial charge in [0.1, 0.15) is 5.82 Å². The van der Waals surface area contributed by atoms with E-state index >= 15 is 4.39 Å². The van der Waals surface area contributed by atoms with E-state index in [1.807, 2.05) is 30.3 Å². The van der Waals surface area contributed by atoms with Crippen molar-refractivity contribution in [1.82, 2.24) is 10.3 Å². The smallest absolute Gasteiger partial charge is 0.184 e. The van der Waals surface area contributed by atoms with Crippen LogP contribution >= 0.6 is 12.2 Å². The van der Waals surface area contributed by atoms with Crippen LogP contribution in [-0.2, 0) is 0 Å². The molecular formula is C24H29FN8S. The highest BCUT2D eigenvalue weighted by atomic mass is 32.1. The third-order valence-electron chi connectivity index (χ3n) is 6.30. The lowest BCUT2D eigenvalue weighted by Crippen LogP contribution is -2.47. The van der Waals surface area contributed by atoms with E-state index in [-0.39, 0.29) is 10.9 Å². The van der Waals surface area contributed by atoms with Crippen LogP contribution in [0.5, 0.6) is 0 Å². The van der Waals surface area contributed by atoms with E-state index in [9.17, 15) is 0 Å². The lowest BCUT2D eigenvalue weighted by molar-refractivity contribution is 0.313. The number of hydrogen-bond donors (Lipinski definition) is 2. The second-order valence-electron chi connectivity index (χ2n) is 8.52. The van der Waals surface area contributed by atoms with Crippen LogP contribution in [0, 0.1) is 17.1 Å². The number of piperazine rings is 2. The Hall–Kier alpha value is -3.42. The Labute approximate surface area is 205 Å². The van der Waals surface area contributed by atoms with Gasteiger partial charge in [0.2, 0.25) is 0 Å². The minimum Gasteiger partial charge on any atom is -0.375 e. The lowest BCUT2D eigenvalue weighted by atomic mass is 10.1. The zero-order valence-corrected chi connectivity index (χ0v) is 20.1. The summed E-state index contributed by atoms with van der Waals surface area (Å²) in [7, 11) is 2.11. The quantitative estimate of drug-likeness (QED) is 0.382. The molecule has 0 radical (unpaired) electrons. The molecule has 0 unspecified atom stereocenters. The van der Waals surface area contributed by atoms with Crippen molar-refractivity contribution in [3.8, 4) is 6.07 Å². The summed E-state index contributed by atoms with van der Waals surface area (Å²) >= 11 is 4.81. The Morgan fingerprint density at radius 2 is 1.59 bits per heavy atom. The first-order valence-electron chi connectivity index (χ1n) is 11.3. The Morgan fingerprint density at radius 1 is 1.00 bits per heavy atom. The summed E-state index contributed by atoms with van der Waals surface area (Å²) in [6, 6.07) is 13.2. The molecule has 2 aromatic rings. The number of rotatable bonds is 5. The SMILES string of the molecule is CN1CCN(c2cc(N3CCN(c4ccc(C#N)cc4)CC3)c(F)cc2C=NNC(N)=S)CC1. The van der Waals surface area contributed by atoms with Gasteiger partial charge in [-0.3, -0.25) is 5.43 Å². The number of halogens is 1. The van der Waals surface area contributed by atoms with Gasteiger partial charge in [-0.15, -0.1) is 0 Å². The van der Waals surface area contributed by atoms with E-state index in [1.54, 1.807) is 12.3 Å². The van der Waals surface area contributed by atoms with Crippen molar-refractivity contribution in [3.05, 3.63) is 53.3 Å². The Bertz CT molecular complexity index is 1080. The highest BCUT2D eigenvalue weighted by Crippen LogP contribution is 2.31. The molecule has 10 heteroatoms. The summed E-state index contributed by atoms with van der Waals surface area (Å²) in [5, 5.41) is 13.1. The predicted molar refractivity (Wildman–Crippen MR) is 139 cm³/mol. The largest absolute Gasteiger partial charge is 0.375 e. The molecule has 2 aromatic carbocycles. The zero-order valence-electron chi connectivity index (χ0n) is 19.2. The van der Waals surface area contributed by atoms with Crippen LogP contribution in [0.2, 0.25) is 0 Å². The van der Waals surface area contributed by atoms with Crippen molar-refractivity contribution in [1.29, 1.82) is 5.26 Å². The van der Waals surface area contributed by atoms with Crippen molar-refractivity contribution >= 4 is 40.6 Å². The van der Waals surface area contributed by atoms with Crippen LogP contribution in [0.25, 0.3) is 0 Å². The standard InChI is InChI=1S/C24H29FN8S/c1-30-6-8-32(9-7-30)22-15-23(21(25)14-19(22)17-28-29-24(27)34)33-12-10-31(11-13-33)20-4-2-18(16-26)3-5-20/h2-5,14-15,17H,6-13H2,1H3,(H3,27,29,34). The molecule has 2 aliphatic heterocycles. The van der Waals surface area contributed by atoms with Gasteiger partial charge < -0.3 is 25.3 Å². The van der Waals surface area contributed by atoms with Gasteiger partial charge in [-0.2, -0.15) is 10.4 Å². The minimum atomic E-state index is -0.276. The second kappa shape index (κ2) is 10.7. The molecule has 2 heterocycles. The number of nitrogens with zero attached hydrogens (tertiary/aromatic N) is 6. The van der Waals surface area contributed by atoms with E-state index in [2.05, 4.69) is 43.2 Å². The average Bonchev–Trinajstić information content (AvgIpc) is 2.85. The molecule has 0 bridgehead atoms. The van der Waals surface area contributed by atoms with Gasteiger partial charge in [0.25, 0.3) is 0 Å². The molecular weight excluding hydrogens is 451 g/mol. The number of anilines is 3. The van der Waals surface area contributed by atoms with Gasteiger partial charge in [-0.1, -0.05) is 0 Å². The first kappa shape index (κ1) is 23.7. The highest BCUT2D eigenvalue weighted by Gasteiger charge is 2.24. The van der Waals surface area contributed by atoms with Crippen molar-refractivity contribution in [2.45, 2.75) is 0 Å². The molecule has 0 aromatic heterocycles. The number of likely N-dealkylation sites (N-methyl/N-ethyl adjacent to an activating group) is 1. The summed E-state index contributed by atoms with van der Waals surface area (Å²) in [5.74, 6) is -0.276. The van der Waals surface area contributed by atoms with E-state index in [1.165, 1.54) is 0 Å². The Kier molecular flexibility index (Phi) is 7.45. The van der Waals surface area contributed by atoms with Crippen molar-refractivity contribution < 1.29 is 4.39 Å². The van der Waals surface area contributed by atoms with Crippen LogP contribution in [0.15, 0.2) is 41.5 Å². The fourth-order valence-corrected chi connectivity index (χ4v) is 4.40. The average molecular weight is 481 g/mol. The van der Waals surface area contributed by atoms with Crippen LogP contribution in [-0.4, -0.2) is 75.6 Å². The van der Waals surface area contributed by atoms with Crippen LogP contribution in [0.1, 0.15) is 11.1 Å². The molecule has 178 valence electrons. The molecule has 0 aliphatic carbocycles. The molecule has 2 saturated heterocycles. The molecule has 0 saturated carbocycles. The maximum atomic E-state index is 15.3. The zero-order chi connectivity index (χ0) is 24.1. The first-order chi connectivity index (χ1) is 16.4. The van der Waals surface area contributed by atoms with E-state index in [0.717, 1.165) is 50.6 Å². The van der Waals surface area contributed by atoms with Gasteiger partial charge in [0, 0.05) is 69.3 Å². The topological polar surface area (TPSA) is 87.2 Å². The van der Waals surface area contributed by atoms with E-state index in [0.29, 0.717) is 29.9 Å². The molecule has 8 nitrogen and oxygen atoms in total. The lowest BCUT2D eigenvalue weighted by Gasteiger charge is -2.39. The van der Waals surface area contributed by atoms with Gasteiger partial charge in [0.15, 0.2) is 5.11 Å². The van der Waals surface area contributed by atoms with Crippen molar-refractivity contribution in [2.75, 3.05) is 74.1 Å². The number of nitriles is 1. The molecule has 0 atom stereocenters. The Balaban J connectivity index is 1.54. The van der Waals surface area contributed by atoms with Crippen molar-refractivity contribution in [3.63, 3.8) is 0 Å². The predicted octanol–water partition coefficient (Wildman–Crippen LogP) is 1.94. The third-order valence-corrected chi connectivity index (χ3v) is 6.39. The maximum absolute atomic E-state index is 15.3. The molecule has 4 rings (SSSR count). The minimum absolute atomic E-state index is 0.0645.